The number of nitrogens with two attached hydrogens (primary N) is 1. The second-order valence-corrected chi connectivity index (χ2v) is 4.27. The summed E-state index contributed by atoms with van der Waals surface area (Å²) >= 11 is 1.70. The van der Waals surface area contributed by atoms with Gasteiger partial charge in [0.15, 0.2) is 0 Å². The van der Waals surface area contributed by atoms with Crippen LogP contribution in [-0.4, -0.2) is 29.5 Å². The molecule has 0 aliphatic carbocycles. The number of nitrogens with one attached hydrogen (secondary N) is 1. The average Bonchev–Trinajstić information content (AvgIpc) is 2.53. The Morgan fingerprint density at radius 1 is 1.42 bits per heavy atom. The number of hydrogen-bond acceptors (Lipinski definition) is 4. The summed E-state index contributed by atoms with van der Waals surface area (Å²) in [5, 5.41) is 5.44. The summed E-state index contributed by atoms with van der Waals surface area (Å²) in [5.41, 5.74) is 6.08. The van der Waals surface area contributed by atoms with Gasteiger partial charge in [-0.2, -0.15) is 0 Å². The van der Waals surface area contributed by atoms with Crippen molar-refractivity contribution < 1.29 is 0 Å². The summed E-state index contributed by atoms with van der Waals surface area (Å²) < 4.78 is 0. The SMILES string of the molecule is NC1SC=CN1C1CCNCC1. The fraction of sp³-hybridized carbons (Fsp3) is 0.750. The van der Waals surface area contributed by atoms with Crippen molar-refractivity contribution in [1.82, 2.24) is 10.2 Å². The van der Waals surface area contributed by atoms with Gasteiger partial charge < -0.3 is 16.0 Å². The van der Waals surface area contributed by atoms with E-state index in [0.717, 1.165) is 13.1 Å². The van der Waals surface area contributed by atoms with Crippen LogP contribution in [0.15, 0.2) is 11.6 Å². The molecule has 0 aromatic rings. The molecule has 2 aliphatic heterocycles. The van der Waals surface area contributed by atoms with Gasteiger partial charge in [0.05, 0.1) is 0 Å². The highest BCUT2D eigenvalue weighted by molar-refractivity contribution is 8.02. The van der Waals surface area contributed by atoms with Crippen LogP contribution in [0.25, 0.3) is 0 Å². The maximum Gasteiger partial charge on any atom is 0.129 e. The molecule has 3 N–H and O–H groups in total. The Morgan fingerprint density at radius 3 is 2.75 bits per heavy atom. The van der Waals surface area contributed by atoms with Crippen LogP contribution in [0.4, 0.5) is 0 Å². The normalized spacial score (nSPS) is 31.4. The van der Waals surface area contributed by atoms with Crippen LogP contribution in [0.2, 0.25) is 0 Å². The largest absolute Gasteiger partial charge is 0.350 e. The van der Waals surface area contributed by atoms with Crippen molar-refractivity contribution >= 4 is 11.8 Å². The van der Waals surface area contributed by atoms with Crippen LogP contribution in [0.1, 0.15) is 12.8 Å². The predicted octanol–water partition coefficient (Wildman–Crippen LogP) is 0.501. The van der Waals surface area contributed by atoms with Crippen molar-refractivity contribution in [3.8, 4) is 0 Å². The standard InChI is InChI=1S/C8H15N3S/c9-8-11(5-6-12-8)7-1-3-10-4-2-7/h5-8,10H,1-4,9H2. The molecule has 0 aromatic carbocycles. The Balaban J connectivity index is 1.93. The van der Waals surface area contributed by atoms with Gasteiger partial charge in [0, 0.05) is 12.2 Å². The lowest BCUT2D eigenvalue weighted by molar-refractivity contribution is 0.219. The number of piperidine rings is 1. The zero-order chi connectivity index (χ0) is 8.39. The molecule has 0 amide bonds. The molecule has 4 heteroatoms. The van der Waals surface area contributed by atoms with Crippen molar-refractivity contribution in [2.75, 3.05) is 13.1 Å². The first-order chi connectivity index (χ1) is 5.88. The van der Waals surface area contributed by atoms with Crippen molar-refractivity contribution in [2.24, 2.45) is 5.73 Å². The smallest absolute Gasteiger partial charge is 0.129 e. The van der Waals surface area contributed by atoms with E-state index in [1.54, 1.807) is 11.8 Å². The number of rotatable bonds is 1. The number of nitrogens with zero attached hydrogens (tertiary/aromatic N) is 1. The Bertz CT molecular complexity index is 177. The first kappa shape index (κ1) is 8.41. The van der Waals surface area contributed by atoms with Crippen LogP contribution in [0.3, 0.4) is 0 Å². The fourth-order valence-corrected chi connectivity index (χ4v) is 2.53. The highest BCUT2D eigenvalue weighted by Crippen LogP contribution is 2.26. The summed E-state index contributed by atoms with van der Waals surface area (Å²) in [6.07, 6.45) is 4.57. The third kappa shape index (κ3) is 1.60. The van der Waals surface area contributed by atoms with E-state index in [4.69, 9.17) is 5.73 Å². The van der Waals surface area contributed by atoms with E-state index in [0.29, 0.717) is 6.04 Å². The van der Waals surface area contributed by atoms with Gasteiger partial charge in [0.2, 0.25) is 0 Å². The first-order valence-corrected chi connectivity index (χ1v) is 5.38. The van der Waals surface area contributed by atoms with Gasteiger partial charge >= 0.3 is 0 Å². The van der Waals surface area contributed by atoms with E-state index in [2.05, 4.69) is 21.8 Å². The monoisotopic (exact) mass is 185 g/mol. The number of thioether (sulfide) groups is 1. The third-order valence-corrected chi connectivity index (χ3v) is 3.28. The van der Waals surface area contributed by atoms with E-state index in [9.17, 15) is 0 Å². The predicted molar refractivity (Wildman–Crippen MR) is 52.4 cm³/mol. The molecule has 12 heavy (non-hydrogen) atoms. The third-order valence-electron chi connectivity index (χ3n) is 2.48. The molecule has 0 spiro atoms. The quantitative estimate of drug-likeness (QED) is 0.624. The molecule has 2 heterocycles. The Hall–Kier alpha value is -0.190. The highest BCUT2D eigenvalue weighted by atomic mass is 32.2. The first-order valence-electron chi connectivity index (χ1n) is 4.44. The highest BCUT2D eigenvalue weighted by Gasteiger charge is 2.25. The summed E-state index contributed by atoms with van der Waals surface area (Å²) in [5.74, 6) is 0. The zero-order valence-corrected chi connectivity index (χ0v) is 7.89. The minimum atomic E-state index is 0.160. The lowest BCUT2D eigenvalue weighted by Crippen LogP contribution is -2.45. The van der Waals surface area contributed by atoms with E-state index in [1.807, 2.05) is 0 Å². The average molecular weight is 185 g/mol. The van der Waals surface area contributed by atoms with Crippen molar-refractivity contribution in [1.29, 1.82) is 0 Å². The zero-order valence-electron chi connectivity index (χ0n) is 7.07. The van der Waals surface area contributed by atoms with Crippen LogP contribution in [-0.2, 0) is 0 Å². The van der Waals surface area contributed by atoms with Gasteiger partial charge in [-0.15, -0.1) is 0 Å². The van der Waals surface area contributed by atoms with E-state index in [1.165, 1.54) is 12.8 Å². The molecule has 1 saturated heterocycles. The molecular weight excluding hydrogens is 170 g/mol. The van der Waals surface area contributed by atoms with Crippen LogP contribution < -0.4 is 11.1 Å². The van der Waals surface area contributed by atoms with Gasteiger partial charge in [-0.3, -0.25) is 0 Å². The fourth-order valence-electron chi connectivity index (χ4n) is 1.78. The lowest BCUT2D eigenvalue weighted by Gasteiger charge is -2.34. The van der Waals surface area contributed by atoms with Crippen molar-refractivity contribution in [2.45, 2.75) is 24.4 Å². The van der Waals surface area contributed by atoms with Crippen molar-refractivity contribution in [3.05, 3.63) is 11.6 Å². The van der Waals surface area contributed by atoms with Gasteiger partial charge in [-0.25, -0.2) is 0 Å². The minimum Gasteiger partial charge on any atom is -0.350 e. The van der Waals surface area contributed by atoms with Crippen LogP contribution >= 0.6 is 11.8 Å². The molecule has 1 unspecified atom stereocenters. The lowest BCUT2D eigenvalue weighted by atomic mass is 10.1. The molecule has 2 rings (SSSR count). The molecule has 0 aromatic heterocycles. The Morgan fingerprint density at radius 2 is 2.17 bits per heavy atom. The Kier molecular flexibility index (Phi) is 2.58. The Labute approximate surface area is 77.4 Å². The van der Waals surface area contributed by atoms with Gasteiger partial charge in [-0.1, -0.05) is 11.8 Å². The van der Waals surface area contributed by atoms with E-state index in [-0.39, 0.29) is 5.50 Å². The summed E-state index contributed by atoms with van der Waals surface area (Å²) in [4.78, 5) is 2.28. The molecular formula is C8H15N3S. The molecule has 0 saturated carbocycles. The van der Waals surface area contributed by atoms with Gasteiger partial charge in [0.1, 0.15) is 5.50 Å². The molecule has 68 valence electrons. The van der Waals surface area contributed by atoms with Crippen molar-refractivity contribution in [3.63, 3.8) is 0 Å². The molecule has 3 nitrogen and oxygen atoms in total. The van der Waals surface area contributed by atoms with E-state index >= 15 is 0 Å². The van der Waals surface area contributed by atoms with E-state index < -0.39 is 0 Å². The summed E-state index contributed by atoms with van der Waals surface area (Å²) in [7, 11) is 0. The second-order valence-electron chi connectivity index (χ2n) is 3.24. The molecule has 0 bridgehead atoms. The number of hydrogen-bond donors (Lipinski definition) is 2. The summed E-state index contributed by atoms with van der Waals surface area (Å²) in [6.45, 7) is 2.26. The maximum absolute atomic E-state index is 5.92. The maximum atomic E-state index is 5.92. The molecule has 2 aliphatic rings. The van der Waals surface area contributed by atoms with Gasteiger partial charge in [-0.05, 0) is 31.3 Å². The second kappa shape index (κ2) is 3.68. The molecule has 0 radical (unpaired) electrons. The van der Waals surface area contributed by atoms with Crippen LogP contribution in [0.5, 0.6) is 0 Å². The molecule has 1 fully saturated rings. The molecule has 1 atom stereocenters. The van der Waals surface area contributed by atoms with Gasteiger partial charge in [0.25, 0.3) is 0 Å². The topological polar surface area (TPSA) is 41.3 Å². The summed E-state index contributed by atoms with van der Waals surface area (Å²) in [6, 6.07) is 0.660. The minimum absolute atomic E-state index is 0.160. The van der Waals surface area contributed by atoms with Crippen LogP contribution in [0, 0.1) is 0 Å².